The molecule has 2 aliphatic rings. The van der Waals surface area contributed by atoms with E-state index in [1.165, 1.54) is 38.5 Å². The van der Waals surface area contributed by atoms with Crippen LogP contribution in [0.25, 0.3) is 0 Å². The van der Waals surface area contributed by atoms with Gasteiger partial charge in [-0.2, -0.15) is 0 Å². The summed E-state index contributed by atoms with van der Waals surface area (Å²) in [6, 6.07) is 0.537. The highest BCUT2D eigenvalue weighted by atomic mass is 16.2. The van der Waals surface area contributed by atoms with E-state index in [1.54, 1.807) is 6.92 Å². The molecule has 0 aromatic carbocycles. The van der Waals surface area contributed by atoms with Crippen molar-refractivity contribution in [3.63, 3.8) is 0 Å². The third kappa shape index (κ3) is 3.98. The lowest BCUT2D eigenvalue weighted by Crippen LogP contribution is -2.48. The van der Waals surface area contributed by atoms with Crippen molar-refractivity contribution in [2.24, 2.45) is 5.92 Å². The Kier molecular flexibility index (Phi) is 4.84. The zero-order chi connectivity index (χ0) is 12.1. The highest BCUT2D eigenvalue weighted by Crippen LogP contribution is 2.23. The maximum atomic E-state index is 11.3. The summed E-state index contributed by atoms with van der Waals surface area (Å²) in [5.74, 6) is 1.12. The first-order valence-corrected chi connectivity index (χ1v) is 7.24. The predicted molar refractivity (Wildman–Crippen MR) is 69.9 cm³/mol. The van der Waals surface area contributed by atoms with E-state index in [-0.39, 0.29) is 5.91 Å². The molecular formula is C14H26N2O. The standard InChI is InChI=1S/C14H26N2O/c1-12(17)16-9-5-8-14(11-16)15-10-13-6-3-2-4-7-13/h13-15H,2-11H2,1H3. The number of likely N-dealkylation sites (tertiary alicyclic amines) is 1. The van der Waals surface area contributed by atoms with Crippen molar-refractivity contribution >= 4 is 5.91 Å². The number of rotatable bonds is 3. The molecule has 98 valence electrons. The molecular weight excluding hydrogens is 212 g/mol. The molecule has 3 nitrogen and oxygen atoms in total. The van der Waals surface area contributed by atoms with Gasteiger partial charge in [0.1, 0.15) is 0 Å². The Morgan fingerprint density at radius 3 is 2.65 bits per heavy atom. The first-order chi connectivity index (χ1) is 8.25. The molecule has 1 N–H and O–H groups in total. The number of carbonyl (C=O) groups excluding carboxylic acids is 1. The van der Waals surface area contributed by atoms with Crippen LogP contribution >= 0.6 is 0 Å². The van der Waals surface area contributed by atoms with Crippen molar-refractivity contribution in [1.29, 1.82) is 0 Å². The van der Waals surface area contributed by atoms with Crippen LogP contribution in [0.1, 0.15) is 51.9 Å². The molecule has 0 aromatic heterocycles. The van der Waals surface area contributed by atoms with Crippen molar-refractivity contribution in [2.45, 2.75) is 57.9 Å². The molecule has 1 saturated heterocycles. The maximum Gasteiger partial charge on any atom is 0.219 e. The number of amides is 1. The second-order valence-electron chi connectivity index (χ2n) is 5.72. The molecule has 2 fully saturated rings. The molecule has 1 unspecified atom stereocenters. The van der Waals surface area contributed by atoms with Gasteiger partial charge in [0.15, 0.2) is 0 Å². The van der Waals surface area contributed by atoms with Crippen LogP contribution in [0.2, 0.25) is 0 Å². The molecule has 1 aliphatic heterocycles. The third-order valence-electron chi connectivity index (χ3n) is 4.29. The van der Waals surface area contributed by atoms with Crippen LogP contribution in [0, 0.1) is 5.92 Å². The van der Waals surface area contributed by atoms with E-state index in [4.69, 9.17) is 0 Å². The average molecular weight is 238 g/mol. The minimum Gasteiger partial charge on any atom is -0.341 e. The number of carbonyl (C=O) groups is 1. The minimum absolute atomic E-state index is 0.231. The van der Waals surface area contributed by atoms with Crippen LogP contribution in [0.3, 0.4) is 0 Å². The molecule has 1 amide bonds. The number of piperidine rings is 1. The van der Waals surface area contributed by atoms with Gasteiger partial charge in [0.05, 0.1) is 0 Å². The summed E-state index contributed by atoms with van der Waals surface area (Å²) in [7, 11) is 0. The summed E-state index contributed by atoms with van der Waals surface area (Å²) in [6.07, 6.45) is 9.44. The predicted octanol–water partition coefficient (Wildman–Crippen LogP) is 2.17. The Labute approximate surface area is 105 Å². The lowest BCUT2D eigenvalue weighted by molar-refractivity contribution is -0.130. The SMILES string of the molecule is CC(=O)N1CCCC(NCC2CCCCC2)C1. The maximum absolute atomic E-state index is 11.3. The molecule has 1 heterocycles. The van der Waals surface area contributed by atoms with Crippen molar-refractivity contribution in [3.05, 3.63) is 0 Å². The Hall–Kier alpha value is -0.570. The Bertz CT molecular complexity index is 249. The van der Waals surface area contributed by atoms with E-state index in [9.17, 15) is 4.79 Å². The van der Waals surface area contributed by atoms with Gasteiger partial charge in [-0.15, -0.1) is 0 Å². The summed E-state index contributed by atoms with van der Waals surface area (Å²) < 4.78 is 0. The van der Waals surface area contributed by atoms with Gasteiger partial charge >= 0.3 is 0 Å². The topological polar surface area (TPSA) is 32.3 Å². The van der Waals surface area contributed by atoms with Crippen LogP contribution in [0.15, 0.2) is 0 Å². The van der Waals surface area contributed by atoms with Crippen molar-refractivity contribution in [1.82, 2.24) is 10.2 Å². The van der Waals surface area contributed by atoms with Gasteiger partial charge in [0.25, 0.3) is 0 Å². The van der Waals surface area contributed by atoms with Gasteiger partial charge in [0, 0.05) is 26.1 Å². The van der Waals surface area contributed by atoms with E-state index in [0.717, 1.165) is 32.0 Å². The summed E-state index contributed by atoms with van der Waals surface area (Å²) in [5, 5.41) is 3.68. The summed E-state index contributed by atoms with van der Waals surface area (Å²) >= 11 is 0. The zero-order valence-corrected chi connectivity index (χ0v) is 11.1. The lowest BCUT2D eigenvalue weighted by Gasteiger charge is -2.34. The molecule has 0 radical (unpaired) electrons. The fourth-order valence-electron chi connectivity index (χ4n) is 3.15. The second kappa shape index (κ2) is 6.39. The smallest absolute Gasteiger partial charge is 0.219 e. The van der Waals surface area contributed by atoms with Crippen molar-refractivity contribution in [3.8, 4) is 0 Å². The van der Waals surface area contributed by atoms with E-state index in [2.05, 4.69) is 5.32 Å². The Morgan fingerprint density at radius 2 is 1.94 bits per heavy atom. The van der Waals surface area contributed by atoms with Crippen molar-refractivity contribution in [2.75, 3.05) is 19.6 Å². The van der Waals surface area contributed by atoms with Crippen molar-refractivity contribution < 1.29 is 4.79 Å². The largest absolute Gasteiger partial charge is 0.341 e. The lowest BCUT2D eigenvalue weighted by atomic mass is 9.89. The highest BCUT2D eigenvalue weighted by Gasteiger charge is 2.22. The van der Waals surface area contributed by atoms with Gasteiger partial charge in [-0.25, -0.2) is 0 Å². The minimum atomic E-state index is 0.231. The molecule has 1 atom stereocenters. The molecule has 0 spiro atoms. The Balaban J connectivity index is 1.69. The third-order valence-corrected chi connectivity index (χ3v) is 4.29. The van der Waals surface area contributed by atoms with Crippen LogP contribution in [-0.2, 0) is 4.79 Å². The number of hydrogen-bond acceptors (Lipinski definition) is 2. The van der Waals surface area contributed by atoms with E-state index < -0.39 is 0 Å². The first kappa shape index (κ1) is 12.9. The molecule has 3 heteroatoms. The van der Waals surface area contributed by atoms with E-state index in [1.807, 2.05) is 4.90 Å². The van der Waals surface area contributed by atoms with Gasteiger partial charge < -0.3 is 10.2 Å². The fraction of sp³-hybridized carbons (Fsp3) is 0.929. The molecule has 0 bridgehead atoms. The molecule has 1 saturated carbocycles. The molecule has 17 heavy (non-hydrogen) atoms. The van der Waals surface area contributed by atoms with E-state index in [0.29, 0.717) is 6.04 Å². The number of hydrogen-bond donors (Lipinski definition) is 1. The molecule has 2 rings (SSSR count). The number of nitrogens with one attached hydrogen (secondary N) is 1. The summed E-state index contributed by atoms with van der Waals surface area (Å²) in [5.41, 5.74) is 0. The highest BCUT2D eigenvalue weighted by molar-refractivity contribution is 5.73. The zero-order valence-electron chi connectivity index (χ0n) is 11.1. The van der Waals surface area contributed by atoms with Crippen LogP contribution < -0.4 is 5.32 Å². The Morgan fingerprint density at radius 1 is 1.18 bits per heavy atom. The van der Waals surface area contributed by atoms with Gasteiger partial charge in [0.2, 0.25) is 5.91 Å². The van der Waals surface area contributed by atoms with Crippen LogP contribution in [0.4, 0.5) is 0 Å². The quantitative estimate of drug-likeness (QED) is 0.817. The first-order valence-electron chi connectivity index (χ1n) is 7.24. The monoisotopic (exact) mass is 238 g/mol. The van der Waals surface area contributed by atoms with E-state index >= 15 is 0 Å². The fourth-order valence-corrected chi connectivity index (χ4v) is 3.15. The second-order valence-corrected chi connectivity index (χ2v) is 5.72. The average Bonchev–Trinajstić information content (AvgIpc) is 2.38. The van der Waals surface area contributed by atoms with Gasteiger partial charge in [-0.1, -0.05) is 19.3 Å². The summed E-state index contributed by atoms with van der Waals surface area (Å²) in [6.45, 7) is 4.72. The summed E-state index contributed by atoms with van der Waals surface area (Å²) in [4.78, 5) is 13.3. The van der Waals surface area contributed by atoms with Crippen LogP contribution in [0.5, 0.6) is 0 Å². The number of nitrogens with zero attached hydrogens (tertiary/aromatic N) is 1. The van der Waals surface area contributed by atoms with Gasteiger partial charge in [-0.05, 0) is 38.1 Å². The van der Waals surface area contributed by atoms with Gasteiger partial charge in [-0.3, -0.25) is 4.79 Å². The molecule has 1 aliphatic carbocycles. The molecule has 0 aromatic rings. The normalized spacial score (nSPS) is 27.1. The van der Waals surface area contributed by atoms with Crippen LogP contribution in [-0.4, -0.2) is 36.5 Å².